The molecule has 2 aliphatic rings. The molecule has 154 valence electrons. The Morgan fingerprint density at radius 2 is 1.81 bits per heavy atom. The number of halogens is 1. The summed E-state index contributed by atoms with van der Waals surface area (Å²) in [7, 11) is 1.78. The monoisotopic (exact) mass is 480 g/mol. The van der Waals surface area contributed by atoms with Crippen LogP contribution in [0.3, 0.4) is 0 Å². The molecule has 1 saturated heterocycles. The van der Waals surface area contributed by atoms with E-state index in [9.17, 15) is 0 Å². The van der Waals surface area contributed by atoms with Crippen molar-refractivity contribution < 1.29 is 4.74 Å². The van der Waals surface area contributed by atoms with Gasteiger partial charge in [0.25, 0.3) is 0 Å². The first-order chi connectivity index (χ1) is 12.3. The fraction of sp³-hybridized carbons (Fsp3) is 0.950. The average molecular weight is 480 g/mol. The molecule has 1 aliphatic heterocycles. The van der Waals surface area contributed by atoms with Gasteiger partial charge in [0.2, 0.25) is 0 Å². The highest BCUT2D eigenvalue weighted by Gasteiger charge is 2.18. The van der Waals surface area contributed by atoms with Gasteiger partial charge in [0, 0.05) is 33.3 Å². The third kappa shape index (κ3) is 9.74. The molecule has 26 heavy (non-hydrogen) atoms. The third-order valence-corrected chi connectivity index (χ3v) is 5.73. The van der Waals surface area contributed by atoms with Crippen LogP contribution in [0, 0.1) is 11.8 Å². The fourth-order valence-corrected chi connectivity index (χ4v) is 4.07. The molecule has 0 unspecified atom stereocenters. The first kappa shape index (κ1) is 24.0. The molecule has 0 aromatic rings. The lowest BCUT2D eigenvalue weighted by atomic mass is 9.97. The summed E-state index contributed by atoms with van der Waals surface area (Å²) < 4.78 is 5.18. The number of hydrogen-bond donors (Lipinski definition) is 2. The zero-order valence-electron chi connectivity index (χ0n) is 17.0. The van der Waals surface area contributed by atoms with Crippen LogP contribution >= 0.6 is 24.0 Å². The highest BCUT2D eigenvalue weighted by Crippen LogP contribution is 2.28. The van der Waals surface area contributed by atoms with Crippen molar-refractivity contribution in [3.05, 3.63) is 0 Å². The predicted molar refractivity (Wildman–Crippen MR) is 122 cm³/mol. The van der Waals surface area contributed by atoms with E-state index in [4.69, 9.17) is 9.73 Å². The molecular weight excluding hydrogens is 439 g/mol. The smallest absolute Gasteiger partial charge is 0.191 e. The summed E-state index contributed by atoms with van der Waals surface area (Å²) in [6.45, 7) is 9.38. The Morgan fingerprint density at radius 3 is 2.46 bits per heavy atom. The van der Waals surface area contributed by atoms with E-state index in [0.717, 1.165) is 50.6 Å². The topological polar surface area (TPSA) is 48.9 Å². The van der Waals surface area contributed by atoms with Crippen LogP contribution in [0.5, 0.6) is 0 Å². The molecule has 0 amide bonds. The summed E-state index contributed by atoms with van der Waals surface area (Å²) in [6.07, 6.45) is 11.0. The number of hydrogen-bond acceptors (Lipinski definition) is 3. The summed E-state index contributed by atoms with van der Waals surface area (Å²) >= 11 is 0. The quantitative estimate of drug-likeness (QED) is 0.218. The van der Waals surface area contributed by atoms with Crippen molar-refractivity contribution in [2.75, 3.05) is 53.0 Å². The van der Waals surface area contributed by atoms with E-state index in [-0.39, 0.29) is 24.0 Å². The van der Waals surface area contributed by atoms with Crippen molar-refractivity contribution in [2.24, 2.45) is 16.8 Å². The molecule has 0 aromatic heterocycles. The number of piperidine rings is 1. The van der Waals surface area contributed by atoms with Crippen LogP contribution < -0.4 is 10.6 Å². The second-order valence-corrected chi connectivity index (χ2v) is 7.72. The van der Waals surface area contributed by atoms with Crippen molar-refractivity contribution in [1.29, 1.82) is 0 Å². The predicted octanol–water partition coefficient (Wildman–Crippen LogP) is 3.49. The normalized spacial score (nSPS) is 20.2. The van der Waals surface area contributed by atoms with Crippen LogP contribution in [0.25, 0.3) is 0 Å². The Morgan fingerprint density at radius 1 is 1.08 bits per heavy atom. The Balaban J connectivity index is 0.00000338. The number of aliphatic imine (C=N–C) groups is 1. The molecule has 2 fully saturated rings. The zero-order valence-corrected chi connectivity index (χ0v) is 19.3. The molecule has 0 aromatic carbocycles. The van der Waals surface area contributed by atoms with E-state index >= 15 is 0 Å². The second-order valence-electron chi connectivity index (χ2n) is 7.72. The molecule has 0 radical (unpaired) electrons. The van der Waals surface area contributed by atoms with E-state index in [1.165, 1.54) is 64.5 Å². The molecule has 1 aliphatic carbocycles. The van der Waals surface area contributed by atoms with Gasteiger partial charge in [-0.3, -0.25) is 4.99 Å². The molecule has 1 saturated carbocycles. The van der Waals surface area contributed by atoms with E-state index in [1.807, 2.05) is 0 Å². The molecule has 0 bridgehead atoms. The summed E-state index contributed by atoms with van der Waals surface area (Å²) in [5.41, 5.74) is 0. The van der Waals surface area contributed by atoms with Crippen molar-refractivity contribution in [3.63, 3.8) is 0 Å². The zero-order chi connectivity index (χ0) is 17.7. The molecule has 2 rings (SSSR count). The second kappa shape index (κ2) is 14.9. The van der Waals surface area contributed by atoms with Gasteiger partial charge < -0.3 is 20.3 Å². The lowest BCUT2D eigenvalue weighted by Crippen LogP contribution is -2.39. The standard InChI is InChI=1S/C20H40N4O.HI/c1-3-21-20(22-12-6-9-18-7-4-5-8-18)23-17-19-10-13-24(14-11-19)15-16-25-2;/h18-19H,3-17H2,1-2H3,(H2,21,22,23);1H. The van der Waals surface area contributed by atoms with Crippen molar-refractivity contribution in [1.82, 2.24) is 15.5 Å². The van der Waals surface area contributed by atoms with Gasteiger partial charge in [-0.1, -0.05) is 25.7 Å². The van der Waals surface area contributed by atoms with Crippen molar-refractivity contribution in [3.8, 4) is 0 Å². The van der Waals surface area contributed by atoms with Crippen LogP contribution in [0.2, 0.25) is 0 Å². The van der Waals surface area contributed by atoms with Gasteiger partial charge in [-0.05, 0) is 57.5 Å². The van der Waals surface area contributed by atoms with Gasteiger partial charge in [-0.25, -0.2) is 0 Å². The van der Waals surface area contributed by atoms with Gasteiger partial charge >= 0.3 is 0 Å². The van der Waals surface area contributed by atoms with Gasteiger partial charge in [0.1, 0.15) is 0 Å². The van der Waals surface area contributed by atoms with Gasteiger partial charge in [0.15, 0.2) is 5.96 Å². The van der Waals surface area contributed by atoms with Crippen LogP contribution in [0.15, 0.2) is 4.99 Å². The lowest BCUT2D eigenvalue weighted by Gasteiger charge is -2.31. The van der Waals surface area contributed by atoms with E-state index in [2.05, 4.69) is 22.5 Å². The molecule has 6 heteroatoms. The number of ether oxygens (including phenoxy) is 1. The SMILES string of the molecule is CCNC(=NCC1CCN(CCOC)CC1)NCCCC1CCCC1.I. The van der Waals surface area contributed by atoms with Crippen LogP contribution in [-0.2, 0) is 4.74 Å². The van der Waals surface area contributed by atoms with E-state index in [1.54, 1.807) is 7.11 Å². The van der Waals surface area contributed by atoms with Crippen LogP contribution in [-0.4, -0.2) is 63.8 Å². The molecule has 5 nitrogen and oxygen atoms in total. The minimum Gasteiger partial charge on any atom is -0.383 e. The largest absolute Gasteiger partial charge is 0.383 e. The van der Waals surface area contributed by atoms with Crippen LogP contribution in [0.4, 0.5) is 0 Å². The van der Waals surface area contributed by atoms with Crippen molar-refractivity contribution in [2.45, 2.75) is 58.3 Å². The van der Waals surface area contributed by atoms with Gasteiger partial charge in [0.05, 0.1) is 6.61 Å². The Hall–Kier alpha value is -0.0800. The molecule has 2 N–H and O–H groups in total. The molecule has 0 atom stereocenters. The van der Waals surface area contributed by atoms with Crippen molar-refractivity contribution >= 4 is 29.9 Å². The van der Waals surface area contributed by atoms with Crippen LogP contribution in [0.1, 0.15) is 58.3 Å². The Kier molecular flexibility index (Phi) is 13.7. The maximum Gasteiger partial charge on any atom is 0.191 e. The summed E-state index contributed by atoms with van der Waals surface area (Å²) in [6, 6.07) is 0. The number of methoxy groups -OCH3 is 1. The number of likely N-dealkylation sites (tertiary alicyclic amines) is 1. The number of rotatable bonds is 10. The maximum absolute atomic E-state index is 5.18. The third-order valence-electron chi connectivity index (χ3n) is 5.73. The van der Waals surface area contributed by atoms with E-state index in [0.29, 0.717) is 0 Å². The molecular formula is C20H41IN4O. The first-order valence-electron chi connectivity index (χ1n) is 10.5. The number of nitrogens with zero attached hydrogens (tertiary/aromatic N) is 2. The summed E-state index contributed by atoms with van der Waals surface area (Å²) in [5.74, 6) is 2.73. The van der Waals surface area contributed by atoms with Gasteiger partial charge in [-0.15, -0.1) is 24.0 Å². The lowest BCUT2D eigenvalue weighted by molar-refractivity contribution is 0.121. The average Bonchev–Trinajstić information content (AvgIpc) is 3.15. The van der Waals surface area contributed by atoms with Gasteiger partial charge in [-0.2, -0.15) is 0 Å². The molecule has 1 heterocycles. The highest BCUT2D eigenvalue weighted by molar-refractivity contribution is 14.0. The Bertz CT molecular complexity index is 367. The minimum absolute atomic E-state index is 0. The Labute approximate surface area is 178 Å². The number of guanidine groups is 1. The summed E-state index contributed by atoms with van der Waals surface area (Å²) in [4.78, 5) is 7.35. The van der Waals surface area contributed by atoms with E-state index < -0.39 is 0 Å². The number of nitrogens with one attached hydrogen (secondary N) is 2. The minimum atomic E-state index is 0. The fourth-order valence-electron chi connectivity index (χ4n) is 4.07. The highest BCUT2D eigenvalue weighted by atomic mass is 127. The molecule has 0 spiro atoms. The maximum atomic E-state index is 5.18. The first-order valence-corrected chi connectivity index (χ1v) is 10.5. The summed E-state index contributed by atoms with van der Waals surface area (Å²) in [5, 5.41) is 6.93.